The largest absolute Gasteiger partial charge is 0.355 e. The highest BCUT2D eigenvalue weighted by molar-refractivity contribution is 5.89. The Labute approximate surface area is 119 Å². The third-order valence-electron chi connectivity index (χ3n) is 3.72. The Balaban J connectivity index is 2.00. The van der Waals surface area contributed by atoms with Crippen LogP contribution < -0.4 is 11.1 Å². The average molecular weight is 275 g/mol. The predicted octanol–water partition coefficient (Wildman–Crippen LogP) is 0.671. The fourth-order valence-corrected chi connectivity index (χ4v) is 2.53. The van der Waals surface area contributed by atoms with Crippen molar-refractivity contribution in [1.82, 2.24) is 10.2 Å². The summed E-state index contributed by atoms with van der Waals surface area (Å²) in [7, 11) is 0. The summed E-state index contributed by atoms with van der Waals surface area (Å²) in [6, 6.07) is 9.86. The van der Waals surface area contributed by atoms with E-state index in [2.05, 4.69) is 5.32 Å². The molecule has 1 aromatic carbocycles. The van der Waals surface area contributed by atoms with Crippen LogP contribution in [0.1, 0.15) is 24.9 Å². The van der Waals surface area contributed by atoms with Gasteiger partial charge in [-0.25, -0.2) is 0 Å². The van der Waals surface area contributed by atoms with Crippen molar-refractivity contribution in [3.63, 3.8) is 0 Å². The molecular formula is C15H21N3O2. The van der Waals surface area contributed by atoms with E-state index in [1.807, 2.05) is 37.3 Å². The molecule has 108 valence electrons. The van der Waals surface area contributed by atoms with E-state index in [1.165, 1.54) is 0 Å². The van der Waals surface area contributed by atoms with Gasteiger partial charge < -0.3 is 16.0 Å². The summed E-state index contributed by atoms with van der Waals surface area (Å²) < 4.78 is 0. The van der Waals surface area contributed by atoms with Crippen molar-refractivity contribution in [3.8, 4) is 0 Å². The first-order valence-electron chi connectivity index (χ1n) is 6.95. The van der Waals surface area contributed by atoms with Crippen molar-refractivity contribution in [2.24, 2.45) is 11.7 Å². The Kier molecular flexibility index (Phi) is 4.74. The first kappa shape index (κ1) is 14.5. The minimum Gasteiger partial charge on any atom is -0.355 e. The van der Waals surface area contributed by atoms with Gasteiger partial charge in [0.25, 0.3) is 0 Å². The van der Waals surface area contributed by atoms with E-state index >= 15 is 0 Å². The van der Waals surface area contributed by atoms with Gasteiger partial charge in [0.05, 0.1) is 12.0 Å². The molecule has 2 rings (SSSR count). The fourth-order valence-electron chi connectivity index (χ4n) is 2.53. The molecule has 2 atom stereocenters. The molecule has 20 heavy (non-hydrogen) atoms. The maximum atomic E-state index is 12.1. The van der Waals surface area contributed by atoms with Gasteiger partial charge in [-0.2, -0.15) is 0 Å². The number of hydrogen-bond acceptors (Lipinski definition) is 3. The minimum absolute atomic E-state index is 0.00370. The lowest BCUT2D eigenvalue weighted by Gasteiger charge is -2.25. The maximum absolute atomic E-state index is 12.1. The highest BCUT2D eigenvalue weighted by Gasteiger charge is 2.36. The molecule has 1 aliphatic rings. The second kappa shape index (κ2) is 6.52. The molecule has 1 fully saturated rings. The normalized spacial score (nSPS) is 20.0. The lowest BCUT2D eigenvalue weighted by atomic mass is 10.1. The molecule has 5 heteroatoms. The zero-order chi connectivity index (χ0) is 14.5. The quantitative estimate of drug-likeness (QED) is 0.829. The molecule has 0 radical (unpaired) electrons. The summed E-state index contributed by atoms with van der Waals surface area (Å²) in [5.41, 5.74) is 6.45. The molecule has 1 saturated heterocycles. The third-order valence-corrected chi connectivity index (χ3v) is 3.72. The Bertz CT molecular complexity index is 475. The van der Waals surface area contributed by atoms with Crippen molar-refractivity contribution >= 4 is 11.8 Å². The van der Waals surface area contributed by atoms with Crippen LogP contribution >= 0.6 is 0 Å². The number of carbonyl (C=O) groups excluding carboxylic acids is 2. The number of nitrogens with two attached hydrogens (primary N) is 1. The van der Waals surface area contributed by atoms with Gasteiger partial charge in [0.15, 0.2) is 0 Å². The van der Waals surface area contributed by atoms with Crippen LogP contribution in [0, 0.1) is 5.92 Å². The molecule has 0 spiro atoms. The van der Waals surface area contributed by atoms with Crippen LogP contribution in [0.5, 0.6) is 0 Å². The highest BCUT2D eigenvalue weighted by Crippen LogP contribution is 2.28. The van der Waals surface area contributed by atoms with Crippen molar-refractivity contribution in [3.05, 3.63) is 35.9 Å². The van der Waals surface area contributed by atoms with Gasteiger partial charge in [0.1, 0.15) is 0 Å². The van der Waals surface area contributed by atoms with E-state index in [-0.39, 0.29) is 30.2 Å². The standard InChI is InChI=1S/C15H21N3O2/c1-11(12-5-3-2-4-6-12)18-10-13(9-14(18)19)15(20)17-8-7-16/h2-6,11,13H,7-10,16H2,1H3,(H,17,20). The SMILES string of the molecule is CC(c1ccccc1)N1CC(C(=O)NCCN)CC1=O. The minimum atomic E-state index is -0.264. The van der Waals surface area contributed by atoms with E-state index in [4.69, 9.17) is 5.73 Å². The Hall–Kier alpha value is -1.88. The zero-order valence-corrected chi connectivity index (χ0v) is 11.7. The number of nitrogens with zero attached hydrogens (tertiary/aromatic N) is 1. The smallest absolute Gasteiger partial charge is 0.225 e. The molecule has 0 bridgehead atoms. The monoisotopic (exact) mass is 275 g/mol. The van der Waals surface area contributed by atoms with Crippen molar-refractivity contribution in [2.45, 2.75) is 19.4 Å². The summed E-state index contributed by atoms with van der Waals surface area (Å²) in [5, 5.41) is 2.75. The summed E-state index contributed by atoms with van der Waals surface area (Å²) in [5.74, 6) is -0.305. The maximum Gasteiger partial charge on any atom is 0.225 e. The van der Waals surface area contributed by atoms with Crippen molar-refractivity contribution in [1.29, 1.82) is 0 Å². The van der Waals surface area contributed by atoms with E-state index in [9.17, 15) is 9.59 Å². The van der Waals surface area contributed by atoms with E-state index < -0.39 is 0 Å². The Morgan fingerprint density at radius 2 is 2.15 bits per heavy atom. The fraction of sp³-hybridized carbons (Fsp3) is 0.467. The van der Waals surface area contributed by atoms with Crippen LogP contribution in [0.3, 0.4) is 0 Å². The number of rotatable bonds is 5. The molecule has 0 saturated carbocycles. The lowest BCUT2D eigenvalue weighted by Crippen LogP contribution is -2.36. The lowest BCUT2D eigenvalue weighted by molar-refractivity contribution is -0.130. The highest BCUT2D eigenvalue weighted by atomic mass is 16.2. The third kappa shape index (κ3) is 3.17. The van der Waals surface area contributed by atoms with Gasteiger partial charge in [-0.3, -0.25) is 9.59 Å². The second-order valence-corrected chi connectivity index (χ2v) is 5.11. The number of amides is 2. The number of hydrogen-bond donors (Lipinski definition) is 2. The molecule has 1 aliphatic heterocycles. The van der Waals surface area contributed by atoms with Gasteiger partial charge in [0.2, 0.25) is 11.8 Å². The first-order chi connectivity index (χ1) is 9.63. The summed E-state index contributed by atoms with van der Waals surface area (Å²) in [6.07, 6.45) is 0.285. The molecular weight excluding hydrogens is 254 g/mol. The number of benzene rings is 1. The number of carbonyl (C=O) groups is 2. The number of nitrogens with one attached hydrogen (secondary N) is 1. The predicted molar refractivity (Wildman–Crippen MR) is 76.7 cm³/mol. The van der Waals surface area contributed by atoms with Gasteiger partial charge in [-0.05, 0) is 12.5 Å². The van der Waals surface area contributed by atoms with Crippen molar-refractivity contribution in [2.75, 3.05) is 19.6 Å². The summed E-state index contributed by atoms with van der Waals surface area (Å²) in [6.45, 7) is 3.34. The zero-order valence-electron chi connectivity index (χ0n) is 11.7. The first-order valence-corrected chi connectivity index (χ1v) is 6.95. The van der Waals surface area contributed by atoms with Crippen LogP contribution in [0.4, 0.5) is 0 Å². The van der Waals surface area contributed by atoms with Crippen LogP contribution in [0.25, 0.3) is 0 Å². The molecule has 3 N–H and O–H groups in total. The van der Waals surface area contributed by atoms with Crippen LogP contribution in [0.2, 0.25) is 0 Å². The van der Waals surface area contributed by atoms with Gasteiger partial charge >= 0.3 is 0 Å². The average Bonchev–Trinajstić information content (AvgIpc) is 2.87. The molecule has 0 aliphatic carbocycles. The number of likely N-dealkylation sites (tertiary alicyclic amines) is 1. The van der Waals surface area contributed by atoms with Crippen molar-refractivity contribution < 1.29 is 9.59 Å². The Morgan fingerprint density at radius 1 is 1.45 bits per heavy atom. The second-order valence-electron chi connectivity index (χ2n) is 5.11. The van der Waals surface area contributed by atoms with Gasteiger partial charge in [0, 0.05) is 26.1 Å². The molecule has 1 aromatic rings. The van der Waals surface area contributed by atoms with Gasteiger partial charge in [-0.15, -0.1) is 0 Å². The van der Waals surface area contributed by atoms with Crippen LogP contribution in [-0.2, 0) is 9.59 Å². The topological polar surface area (TPSA) is 75.4 Å². The molecule has 1 heterocycles. The van der Waals surface area contributed by atoms with E-state index in [0.717, 1.165) is 5.56 Å². The van der Waals surface area contributed by atoms with E-state index in [0.29, 0.717) is 19.6 Å². The van der Waals surface area contributed by atoms with Crippen LogP contribution in [-0.4, -0.2) is 36.3 Å². The summed E-state index contributed by atoms with van der Waals surface area (Å²) >= 11 is 0. The molecule has 0 aromatic heterocycles. The van der Waals surface area contributed by atoms with Gasteiger partial charge in [-0.1, -0.05) is 30.3 Å². The molecule has 2 unspecified atom stereocenters. The molecule has 5 nitrogen and oxygen atoms in total. The van der Waals surface area contributed by atoms with Crippen LogP contribution in [0.15, 0.2) is 30.3 Å². The van der Waals surface area contributed by atoms with E-state index in [1.54, 1.807) is 4.90 Å². The molecule has 2 amide bonds. The summed E-state index contributed by atoms with van der Waals surface area (Å²) in [4.78, 5) is 25.8. The Morgan fingerprint density at radius 3 is 2.80 bits per heavy atom.